The van der Waals surface area contributed by atoms with Crippen LogP contribution < -0.4 is 14.8 Å². The molecule has 0 spiro atoms. The smallest absolute Gasteiger partial charge is 0.231 e. The Hall–Kier alpha value is -2.95. The van der Waals surface area contributed by atoms with Gasteiger partial charge in [0, 0.05) is 42.0 Å². The van der Waals surface area contributed by atoms with E-state index in [-0.39, 0.29) is 24.7 Å². The van der Waals surface area contributed by atoms with Crippen molar-refractivity contribution in [3.63, 3.8) is 0 Å². The van der Waals surface area contributed by atoms with E-state index in [1.807, 2.05) is 32.0 Å². The molecule has 2 heterocycles. The summed E-state index contributed by atoms with van der Waals surface area (Å²) in [5.74, 6) is 1.48. The summed E-state index contributed by atoms with van der Waals surface area (Å²) in [5, 5.41) is 4.22. The van der Waals surface area contributed by atoms with E-state index < -0.39 is 0 Å². The van der Waals surface area contributed by atoms with Gasteiger partial charge < -0.3 is 19.4 Å². The van der Waals surface area contributed by atoms with Gasteiger partial charge in [0.25, 0.3) is 0 Å². The summed E-state index contributed by atoms with van der Waals surface area (Å²) in [4.78, 5) is 12.7. The maximum atomic E-state index is 12.7. The minimum absolute atomic E-state index is 0.0472. The number of nitrogens with one attached hydrogen (secondary N) is 1. The molecule has 0 fully saturated rings. The molecule has 0 saturated carbocycles. The van der Waals surface area contributed by atoms with Gasteiger partial charge in [0.2, 0.25) is 12.7 Å². The predicted octanol–water partition coefficient (Wildman–Crippen LogP) is 4.44. The summed E-state index contributed by atoms with van der Waals surface area (Å²) in [7, 11) is 0. The average molecular weight is 378 g/mol. The molecule has 1 aliphatic rings. The number of aryl methyl sites for hydroxylation is 1. The first-order valence-electron chi connectivity index (χ1n) is 9.83. The lowest BCUT2D eigenvalue weighted by atomic mass is 9.87. The zero-order chi connectivity index (χ0) is 19.7. The van der Waals surface area contributed by atoms with Crippen molar-refractivity contribution in [3.05, 3.63) is 59.8 Å². The molecule has 0 radical (unpaired) electrons. The highest BCUT2D eigenvalue weighted by Crippen LogP contribution is 2.40. The Bertz CT molecular complexity index is 1010. The van der Waals surface area contributed by atoms with E-state index in [2.05, 4.69) is 47.3 Å². The number of ether oxygens (including phenoxy) is 2. The molecule has 4 rings (SSSR count). The third-order valence-electron chi connectivity index (χ3n) is 5.17. The van der Waals surface area contributed by atoms with Crippen LogP contribution in [-0.4, -0.2) is 23.3 Å². The largest absolute Gasteiger partial charge is 0.454 e. The molecule has 1 aromatic heterocycles. The molecule has 0 bridgehead atoms. The summed E-state index contributed by atoms with van der Waals surface area (Å²) in [6.45, 7) is 7.23. The molecule has 0 saturated heterocycles. The number of amides is 1. The highest BCUT2D eigenvalue weighted by molar-refractivity contribution is 5.86. The van der Waals surface area contributed by atoms with Crippen molar-refractivity contribution >= 4 is 16.8 Å². The molecule has 3 aromatic rings. The molecule has 2 aromatic carbocycles. The van der Waals surface area contributed by atoms with E-state index in [1.54, 1.807) is 0 Å². The van der Waals surface area contributed by atoms with Crippen LogP contribution in [0, 0.1) is 0 Å². The average Bonchev–Trinajstić information content (AvgIpc) is 3.29. The molecule has 1 aliphatic heterocycles. The van der Waals surface area contributed by atoms with Crippen molar-refractivity contribution in [2.24, 2.45) is 0 Å². The van der Waals surface area contributed by atoms with Crippen molar-refractivity contribution in [2.45, 2.75) is 45.7 Å². The molecule has 1 amide bonds. The maximum absolute atomic E-state index is 12.7. The van der Waals surface area contributed by atoms with Crippen molar-refractivity contribution < 1.29 is 14.3 Å². The second-order valence-electron chi connectivity index (χ2n) is 7.48. The SMILES string of the molecule is CCn1cc(C(CC(=O)NC(C)C)c2ccc3c(c2)OCO3)c2ccccc21. The monoisotopic (exact) mass is 378 g/mol. The molecule has 0 aliphatic carbocycles. The van der Waals surface area contributed by atoms with Gasteiger partial charge in [-0.25, -0.2) is 0 Å². The molecule has 1 atom stereocenters. The summed E-state index contributed by atoms with van der Waals surface area (Å²) < 4.78 is 13.3. The molecule has 28 heavy (non-hydrogen) atoms. The highest BCUT2D eigenvalue weighted by atomic mass is 16.7. The fraction of sp³-hybridized carbons (Fsp3) is 0.348. The fourth-order valence-corrected chi connectivity index (χ4v) is 3.92. The van der Waals surface area contributed by atoms with E-state index in [9.17, 15) is 4.79 Å². The predicted molar refractivity (Wildman–Crippen MR) is 110 cm³/mol. The van der Waals surface area contributed by atoms with Crippen molar-refractivity contribution in [1.29, 1.82) is 0 Å². The number of hydrogen-bond donors (Lipinski definition) is 1. The fourth-order valence-electron chi connectivity index (χ4n) is 3.92. The number of carbonyl (C=O) groups excluding carboxylic acids is 1. The molecule has 5 nitrogen and oxygen atoms in total. The van der Waals surface area contributed by atoms with Gasteiger partial charge in [-0.2, -0.15) is 0 Å². The van der Waals surface area contributed by atoms with Crippen molar-refractivity contribution in [1.82, 2.24) is 9.88 Å². The van der Waals surface area contributed by atoms with E-state index in [0.717, 1.165) is 29.2 Å². The van der Waals surface area contributed by atoms with Gasteiger partial charge >= 0.3 is 0 Å². The number of nitrogens with zero attached hydrogens (tertiary/aromatic N) is 1. The Morgan fingerprint density at radius 2 is 1.93 bits per heavy atom. The van der Waals surface area contributed by atoms with Crippen LogP contribution in [-0.2, 0) is 11.3 Å². The van der Waals surface area contributed by atoms with Crippen LogP contribution in [0.2, 0.25) is 0 Å². The van der Waals surface area contributed by atoms with Crippen LogP contribution in [0.5, 0.6) is 11.5 Å². The van der Waals surface area contributed by atoms with Crippen LogP contribution in [0.1, 0.15) is 44.2 Å². The zero-order valence-electron chi connectivity index (χ0n) is 16.6. The molecular weight excluding hydrogens is 352 g/mol. The van der Waals surface area contributed by atoms with Gasteiger partial charge in [-0.3, -0.25) is 4.79 Å². The van der Waals surface area contributed by atoms with Crippen LogP contribution in [0.3, 0.4) is 0 Å². The van der Waals surface area contributed by atoms with Crippen LogP contribution in [0.25, 0.3) is 10.9 Å². The number of fused-ring (bicyclic) bond motifs is 2. The van der Waals surface area contributed by atoms with Gasteiger partial charge in [-0.15, -0.1) is 0 Å². The summed E-state index contributed by atoms with van der Waals surface area (Å²) in [6, 6.07) is 14.5. The zero-order valence-corrected chi connectivity index (χ0v) is 16.6. The van der Waals surface area contributed by atoms with Gasteiger partial charge in [-0.05, 0) is 50.1 Å². The van der Waals surface area contributed by atoms with E-state index >= 15 is 0 Å². The van der Waals surface area contributed by atoms with Crippen LogP contribution in [0.4, 0.5) is 0 Å². The first-order chi connectivity index (χ1) is 13.6. The molecule has 5 heteroatoms. The van der Waals surface area contributed by atoms with Gasteiger partial charge in [0.15, 0.2) is 11.5 Å². The first-order valence-corrected chi connectivity index (χ1v) is 9.83. The Kier molecular flexibility index (Phi) is 4.99. The lowest BCUT2D eigenvalue weighted by Gasteiger charge is -2.18. The minimum atomic E-state index is -0.0639. The number of carbonyl (C=O) groups is 1. The Morgan fingerprint density at radius 3 is 2.71 bits per heavy atom. The molecule has 1 unspecified atom stereocenters. The number of para-hydroxylation sites is 1. The Morgan fingerprint density at radius 1 is 1.14 bits per heavy atom. The third kappa shape index (κ3) is 3.44. The summed E-state index contributed by atoms with van der Waals surface area (Å²) >= 11 is 0. The number of hydrogen-bond acceptors (Lipinski definition) is 3. The topological polar surface area (TPSA) is 52.5 Å². The van der Waals surface area contributed by atoms with E-state index in [1.165, 1.54) is 10.9 Å². The first kappa shape index (κ1) is 18.4. The van der Waals surface area contributed by atoms with Gasteiger partial charge in [0.1, 0.15) is 0 Å². The lowest BCUT2D eigenvalue weighted by molar-refractivity contribution is -0.121. The van der Waals surface area contributed by atoms with Crippen molar-refractivity contribution in [2.75, 3.05) is 6.79 Å². The second kappa shape index (κ2) is 7.58. The highest BCUT2D eigenvalue weighted by Gasteiger charge is 2.25. The Balaban J connectivity index is 1.80. The minimum Gasteiger partial charge on any atom is -0.454 e. The van der Waals surface area contributed by atoms with Crippen molar-refractivity contribution in [3.8, 4) is 11.5 Å². The standard InChI is InChI=1S/C23H26N2O3/c1-4-25-13-19(17-7-5-6-8-20(17)25)18(12-23(26)24-15(2)3)16-9-10-21-22(11-16)28-14-27-21/h5-11,13,15,18H,4,12,14H2,1-3H3,(H,24,26). The third-order valence-corrected chi connectivity index (χ3v) is 5.17. The molecule has 146 valence electrons. The second-order valence-corrected chi connectivity index (χ2v) is 7.48. The summed E-state index contributed by atoms with van der Waals surface area (Å²) in [5.41, 5.74) is 3.41. The van der Waals surface area contributed by atoms with Crippen LogP contribution >= 0.6 is 0 Å². The van der Waals surface area contributed by atoms with E-state index in [4.69, 9.17) is 9.47 Å². The normalized spacial score (nSPS) is 13.9. The van der Waals surface area contributed by atoms with Crippen LogP contribution in [0.15, 0.2) is 48.7 Å². The summed E-state index contributed by atoms with van der Waals surface area (Å²) in [6.07, 6.45) is 2.57. The maximum Gasteiger partial charge on any atom is 0.231 e. The number of benzene rings is 2. The molecular formula is C23H26N2O3. The number of aromatic nitrogens is 1. The molecule has 1 N–H and O–H groups in total. The lowest BCUT2D eigenvalue weighted by Crippen LogP contribution is -2.31. The quantitative estimate of drug-likeness (QED) is 0.690. The Labute approximate surface area is 165 Å². The van der Waals surface area contributed by atoms with Gasteiger partial charge in [0.05, 0.1) is 0 Å². The van der Waals surface area contributed by atoms with Gasteiger partial charge in [-0.1, -0.05) is 24.3 Å². The van der Waals surface area contributed by atoms with E-state index in [0.29, 0.717) is 6.42 Å². The number of rotatable bonds is 6.